The molecule has 1 aromatic heterocycles. The van der Waals surface area contributed by atoms with Crippen molar-refractivity contribution in [2.75, 3.05) is 0 Å². The lowest BCUT2D eigenvalue weighted by atomic mass is 9.98. The number of carbonyl (C=O) groups excluding carboxylic acids is 1. The van der Waals surface area contributed by atoms with Crippen LogP contribution in [-0.2, 0) is 0 Å². The molecule has 2 N–H and O–H groups in total. The van der Waals surface area contributed by atoms with Gasteiger partial charge in [0.25, 0.3) is 5.91 Å². The van der Waals surface area contributed by atoms with E-state index >= 15 is 0 Å². The molecule has 120 valence electrons. The summed E-state index contributed by atoms with van der Waals surface area (Å²) in [7, 11) is 0. The van der Waals surface area contributed by atoms with Crippen LogP contribution in [0.2, 0.25) is 0 Å². The zero-order valence-electron chi connectivity index (χ0n) is 13.4. The Morgan fingerprint density at radius 2 is 1.68 bits per heavy atom. The summed E-state index contributed by atoms with van der Waals surface area (Å²) in [5.74, 6) is -0.137. The molecule has 0 radical (unpaired) electrons. The highest BCUT2D eigenvalue weighted by molar-refractivity contribution is 6.07. The van der Waals surface area contributed by atoms with Crippen LogP contribution in [0.4, 0.5) is 0 Å². The van der Waals surface area contributed by atoms with E-state index in [-0.39, 0.29) is 11.9 Å². The molecule has 1 aliphatic carbocycles. The first-order chi connectivity index (χ1) is 12.3. The number of nitrogens with two attached hydrogens (primary N) is 1. The minimum absolute atomic E-state index is 0.137. The molecule has 5 rings (SSSR count). The number of rotatable bonds is 1. The Bertz CT molecular complexity index is 1140. The van der Waals surface area contributed by atoms with Crippen LogP contribution in [-0.4, -0.2) is 15.7 Å². The summed E-state index contributed by atoms with van der Waals surface area (Å²) in [6.07, 6.45) is 1.72. The number of fused-ring (bicyclic) bond motifs is 4. The summed E-state index contributed by atoms with van der Waals surface area (Å²) in [6.45, 7) is 0. The Hall–Kier alpha value is -3.24. The first-order valence-corrected chi connectivity index (χ1v) is 8.21. The van der Waals surface area contributed by atoms with Crippen molar-refractivity contribution in [1.82, 2.24) is 9.78 Å². The largest absolute Gasteiger partial charge is 0.320 e. The van der Waals surface area contributed by atoms with Gasteiger partial charge in [0.2, 0.25) is 0 Å². The van der Waals surface area contributed by atoms with Gasteiger partial charge in [-0.1, -0.05) is 54.6 Å². The van der Waals surface area contributed by atoms with Gasteiger partial charge >= 0.3 is 0 Å². The first-order valence-electron chi connectivity index (χ1n) is 8.21. The van der Waals surface area contributed by atoms with Crippen LogP contribution in [0.5, 0.6) is 0 Å². The van der Waals surface area contributed by atoms with Gasteiger partial charge in [0.05, 0.1) is 17.8 Å². The van der Waals surface area contributed by atoms with Crippen molar-refractivity contribution in [3.63, 3.8) is 0 Å². The zero-order valence-corrected chi connectivity index (χ0v) is 13.4. The van der Waals surface area contributed by atoms with Crippen LogP contribution >= 0.6 is 0 Å². The Morgan fingerprint density at radius 1 is 0.920 bits per heavy atom. The first kappa shape index (κ1) is 14.1. The van der Waals surface area contributed by atoms with E-state index in [4.69, 9.17) is 5.73 Å². The number of aromatic nitrogens is 2. The quantitative estimate of drug-likeness (QED) is 0.580. The van der Waals surface area contributed by atoms with Crippen molar-refractivity contribution < 1.29 is 4.79 Å². The maximum absolute atomic E-state index is 13.3. The molecule has 3 aromatic carbocycles. The van der Waals surface area contributed by atoms with Crippen LogP contribution < -0.4 is 5.73 Å². The van der Waals surface area contributed by atoms with Gasteiger partial charge in [-0.25, -0.2) is 0 Å². The standard InChI is InChI=1S/C21H15N3O/c22-20-15-8-3-2-7-14(15)19-16(20)9-5-10-17(19)21(25)24-18-11-4-1-6-13(18)12-23-24/h1-12,20H,22H2/t20-/m1/s1. The SMILES string of the molecule is N[C@@H]1c2ccccc2-c2c(C(=O)n3ncc4ccccc43)cccc21. The molecule has 0 fully saturated rings. The molecule has 0 saturated heterocycles. The van der Waals surface area contributed by atoms with E-state index in [0.717, 1.165) is 33.2 Å². The predicted molar refractivity (Wildman–Crippen MR) is 97.4 cm³/mol. The monoisotopic (exact) mass is 325 g/mol. The number of carbonyl (C=O) groups is 1. The molecule has 25 heavy (non-hydrogen) atoms. The average Bonchev–Trinajstić information content (AvgIpc) is 3.22. The van der Waals surface area contributed by atoms with Crippen molar-refractivity contribution in [1.29, 1.82) is 0 Å². The molecule has 4 aromatic rings. The van der Waals surface area contributed by atoms with Crippen LogP contribution in [0.1, 0.15) is 27.5 Å². The third-order valence-electron chi connectivity index (χ3n) is 4.90. The van der Waals surface area contributed by atoms with E-state index in [1.807, 2.05) is 66.7 Å². The van der Waals surface area contributed by atoms with Crippen molar-refractivity contribution in [3.8, 4) is 11.1 Å². The highest BCUT2D eigenvalue weighted by Crippen LogP contribution is 2.44. The van der Waals surface area contributed by atoms with Gasteiger partial charge < -0.3 is 5.73 Å². The van der Waals surface area contributed by atoms with Gasteiger partial charge in [0.15, 0.2) is 0 Å². The molecule has 4 heteroatoms. The third kappa shape index (κ3) is 1.92. The van der Waals surface area contributed by atoms with E-state index in [2.05, 4.69) is 5.10 Å². The number of para-hydroxylation sites is 1. The van der Waals surface area contributed by atoms with Crippen molar-refractivity contribution in [3.05, 3.63) is 89.6 Å². The summed E-state index contributed by atoms with van der Waals surface area (Å²) < 4.78 is 1.47. The smallest absolute Gasteiger partial charge is 0.279 e. The highest BCUT2D eigenvalue weighted by Gasteiger charge is 2.30. The van der Waals surface area contributed by atoms with Gasteiger partial charge in [-0.15, -0.1) is 0 Å². The van der Waals surface area contributed by atoms with Gasteiger partial charge in [-0.2, -0.15) is 9.78 Å². The fourth-order valence-electron chi connectivity index (χ4n) is 3.72. The molecular weight excluding hydrogens is 310 g/mol. The molecule has 0 unspecified atom stereocenters. The van der Waals surface area contributed by atoms with Gasteiger partial charge in [-0.3, -0.25) is 4.79 Å². The molecule has 0 aliphatic heterocycles. The molecule has 0 saturated carbocycles. The maximum atomic E-state index is 13.3. The Labute approximate surface area is 144 Å². The van der Waals surface area contributed by atoms with Crippen molar-refractivity contribution in [2.45, 2.75) is 6.04 Å². The Balaban J connectivity index is 1.74. The van der Waals surface area contributed by atoms with Gasteiger partial charge in [-0.05, 0) is 34.4 Å². The minimum Gasteiger partial charge on any atom is -0.320 e. The second-order valence-corrected chi connectivity index (χ2v) is 6.26. The van der Waals surface area contributed by atoms with E-state index in [1.165, 1.54) is 4.68 Å². The van der Waals surface area contributed by atoms with E-state index in [1.54, 1.807) is 6.20 Å². The highest BCUT2D eigenvalue weighted by atomic mass is 16.2. The number of nitrogens with zero attached hydrogens (tertiary/aromatic N) is 2. The Kier molecular flexibility index (Phi) is 2.90. The number of hydrogen-bond donors (Lipinski definition) is 1. The van der Waals surface area contributed by atoms with Gasteiger partial charge in [0.1, 0.15) is 0 Å². The van der Waals surface area contributed by atoms with Crippen LogP contribution in [0.3, 0.4) is 0 Å². The van der Waals surface area contributed by atoms with Crippen LogP contribution in [0, 0.1) is 0 Å². The summed E-state index contributed by atoms with van der Waals surface area (Å²) in [5.41, 5.74) is 11.8. The topological polar surface area (TPSA) is 60.9 Å². The molecule has 0 amide bonds. The lowest BCUT2D eigenvalue weighted by Gasteiger charge is -2.10. The normalized spacial score (nSPS) is 15.2. The van der Waals surface area contributed by atoms with Gasteiger partial charge in [0, 0.05) is 10.9 Å². The average molecular weight is 325 g/mol. The number of benzene rings is 3. The summed E-state index contributed by atoms with van der Waals surface area (Å²) in [5, 5.41) is 5.25. The lowest BCUT2D eigenvalue weighted by Crippen LogP contribution is -2.15. The second kappa shape index (κ2) is 5.13. The molecule has 4 nitrogen and oxygen atoms in total. The summed E-state index contributed by atoms with van der Waals surface area (Å²) >= 11 is 0. The van der Waals surface area contributed by atoms with E-state index < -0.39 is 0 Å². The van der Waals surface area contributed by atoms with E-state index in [9.17, 15) is 4.79 Å². The van der Waals surface area contributed by atoms with Crippen LogP contribution in [0.25, 0.3) is 22.0 Å². The fourth-order valence-corrected chi connectivity index (χ4v) is 3.72. The maximum Gasteiger partial charge on any atom is 0.279 e. The Morgan fingerprint density at radius 3 is 2.60 bits per heavy atom. The molecule has 1 heterocycles. The third-order valence-corrected chi connectivity index (χ3v) is 4.90. The molecule has 0 spiro atoms. The second-order valence-electron chi connectivity index (χ2n) is 6.26. The van der Waals surface area contributed by atoms with Crippen molar-refractivity contribution in [2.24, 2.45) is 5.73 Å². The lowest BCUT2D eigenvalue weighted by molar-refractivity contribution is 0.0951. The molecule has 1 atom stereocenters. The summed E-state index contributed by atoms with van der Waals surface area (Å²) in [6, 6.07) is 21.3. The van der Waals surface area contributed by atoms with Crippen LogP contribution in [0.15, 0.2) is 72.9 Å². The zero-order chi connectivity index (χ0) is 17.0. The summed E-state index contributed by atoms with van der Waals surface area (Å²) in [4.78, 5) is 13.3. The molecular formula is C21H15N3O. The predicted octanol–water partition coefficient (Wildman–Crippen LogP) is 3.75. The van der Waals surface area contributed by atoms with E-state index in [0.29, 0.717) is 5.56 Å². The van der Waals surface area contributed by atoms with Crippen molar-refractivity contribution >= 4 is 16.8 Å². The minimum atomic E-state index is -0.201. The fraction of sp³-hybridized carbons (Fsp3) is 0.0476. The number of hydrogen-bond acceptors (Lipinski definition) is 3. The molecule has 1 aliphatic rings. The molecule has 0 bridgehead atoms.